The van der Waals surface area contributed by atoms with Crippen LogP contribution in [-0.2, 0) is 14.3 Å². The van der Waals surface area contributed by atoms with Crippen LogP contribution >= 0.6 is 0 Å². The fourth-order valence-corrected chi connectivity index (χ4v) is 1.83. The lowest BCUT2D eigenvalue weighted by Gasteiger charge is -2.23. The van der Waals surface area contributed by atoms with E-state index < -0.39 is 29.1 Å². The summed E-state index contributed by atoms with van der Waals surface area (Å²) in [5, 5.41) is 13.0. The topological polar surface area (TPSA) is 117 Å². The van der Waals surface area contributed by atoms with Crippen molar-refractivity contribution in [2.24, 2.45) is 5.92 Å². The molecular weight excluding hydrogens is 332 g/mol. The van der Waals surface area contributed by atoms with E-state index in [0.29, 0.717) is 6.61 Å². The van der Waals surface area contributed by atoms with Crippen molar-refractivity contribution in [3.8, 4) is 5.75 Å². The Morgan fingerprint density at radius 2 is 1.80 bits per heavy atom. The first kappa shape index (κ1) is 20.4. The second kappa shape index (κ2) is 9.58. The Balaban J connectivity index is 2.70. The van der Waals surface area contributed by atoms with Crippen LogP contribution in [0.25, 0.3) is 0 Å². The molecule has 0 aliphatic heterocycles. The lowest BCUT2D eigenvalue weighted by Crippen LogP contribution is -2.50. The van der Waals surface area contributed by atoms with Crippen LogP contribution in [0.2, 0.25) is 0 Å². The van der Waals surface area contributed by atoms with E-state index in [1.807, 2.05) is 13.8 Å². The molecule has 0 bridgehead atoms. The van der Waals surface area contributed by atoms with Crippen LogP contribution < -0.4 is 10.1 Å². The van der Waals surface area contributed by atoms with Gasteiger partial charge < -0.3 is 19.5 Å². The van der Waals surface area contributed by atoms with E-state index in [4.69, 9.17) is 9.47 Å². The van der Waals surface area contributed by atoms with Gasteiger partial charge >= 0.3 is 12.1 Å². The number of nitro benzene ring substituents is 1. The predicted molar refractivity (Wildman–Crippen MR) is 88.3 cm³/mol. The average molecular weight is 354 g/mol. The summed E-state index contributed by atoms with van der Waals surface area (Å²) < 4.78 is 15.2. The third-order valence-corrected chi connectivity index (χ3v) is 3.15. The Morgan fingerprint density at radius 3 is 2.28 bits per heavy atom. The summed E-state index contributed by atoms with van der Waals surface area (Å²) >= 11 is 0. The van der Waals surface area contributed by atoms with Crippen LogP contribution in [0, 0.1) is 16.0 Å². The number of esters is 1. The van der Waals surface area contributed by atoms with Gasteiger partial charge in [0.2, 0.25) is 0 Å². The van der Waals surface area contributed by atoms with Crippen molar-refractivity contribution in [2.75, 3.05) is 13.7 Å². The van der Waals surface area contributed by atoms with Gasteiger partial charge in [-0.2, -0.15) is 0 Å². The molecule has 0 saturated heterocycles. The molecule has 0 aromatic heterocycles. The number of amides is 1. The van der Waals surface area contributed by atoms with Gasteiger partial charge in [0, 0.05) is 18.7 Å². The Labute approximate surface area is 145 Å². The Bertz CT molecular complexity index is 601. The van der Waals surface area contributed by atoms with E-state index in [-0.39, 0.29) is 17.4 Å². The van der Waals surface area contributed by atoms with Crippen LogP contribution in [0.3, 0.4) is 0 Å². The minimum atomic E-state index is -1.05. The highest BCUT2D eigenvalue weighted by Gasteiger charge is 2.29. The van der Waals surface area contributed by atoms with E-state index in [2.05, 4.69) is 10.1 Å². The molecule has 0 saturated carbocycles. The van der Waals surface area contributed by atoms with Crippen molar-refractivity contribution in [3.05, 3.63) is 34.4 Å². The highest BCUT2D eigenvalue weighted by atomic mass is 16.6. The van der Waals surface area contributed by atoms with Gasteiger partial charge in [-0.3, -0.25) is 10.1 Å². The minimum absolute atomic E-state index is 0.0995. The number of hydrogen-bond donors (Lipinski definition) is 1. The fourth-order valence-electron chi connectivity index (χ4n) is 1.83. The predicted octanol–water partition coefficient (Wildman–Crippen LogP) is 2.29. The van der Waals surface area contributed by atoms with E-state index in [1.54, 1.807) is 6.92 Å². The first-order chi connectivity index (χ1) is 11.7. The normalized spacial score (nSPS) is 13.0. The molecule has 2 atom stereocenters. The fraction of sp³-hybridized carbons (Fsp3) is 0.500. The standard InChI is InChI=1S/C16H22N2O7/c1-10(2)9-24-11(3)14(15(19)23-4)17-16(20)25-13-7-5-12(6-8-13)18(21)22/h5-8,10-11,14H,9H2,1-4H3,(H,17,20)/t11?,14-/m0/s1. The third-order valence-electron chi connectivity index (χ3n) is 3.15. The summed E-state index contributed by atoms with van der Waals surface area (Å²) in [5.41, 5.74) is -0.129. The maximum atomic E-state index is 12.0. The number of benzene rings is 1. The monoisotopic (exact) mass is 354 g/mol. The molecule has 1 amide bonds. The van der Waals surface area contributed by atoms with Crippen molar-refractivity contribution in [1.82, 2.24) is 5.32 Å². The van der Waals surface area contributed by atoms with E-state index in [0.717, 1.165) is 0 Å². The van der Waals surface area contributed by atoms with Gasteiger partial charge in [0.05, 0.1) is 18.1 Å². The lowest BCUT2D eigenvalue weighted by molar-refractivity contribution is -0.384. The second-order valence-electron chi connectivity index (χ2n) is 5.72. The number of non-ortho nitro benzene ring substituents is 1. The van der Waals surface area contributed by atoms with Gasteiger partial charge in [0.15, 0.2) is 6.04 Å². The number of nitrogens with one attached hydrogen (secondary N) is 1. The first-order valence-electron chi connectivity index (χ1n) is 7.66. The molecule has 9 heteroatoms. The Morgan fingerprint density at radius 1 is 1.20 bits per heavy atom. The molecule has 0 heterocycles. The zero-order chi connectivity index (χ0) is 19.0. The SMILES string of the molecule is COC(=O)[C@@H](NC(=O)Oc1ccc([N+](=O)[O-])cc1)C(C)OCC(C)C. The molecule has 1 rings (SSSR count). The molecule has 1 aromatic carbocycles. The third kappa shape index (κ3) is 6.76. The molecule has 1 unspecified atom stereocenters. The van der Waals surface area contributed by atoms with E-state index in [9.17, 15) is 19.7 Å². The molecule has 1 aromatic rings. The largest absolute Gasteiger partial charge is 0.467 e. The summed E-state index contributed by atoms with van der Waals surface area (Å²) in [4.78, 5) is 33.9. The maximum Gasteiger partial charge on any atom is 0.413 e. The molecule has 0 fully saturated rings. The van der Waals surface area contributed by atoms with Crippen molar-refractivity contribution in [3.63, 3.8) is 0 Å². The number of hydrogen-bond acceptors (Lipinski definition) is 7. The molecule has 1 N–H and O–H groups in total. The van der Waals surface area contributed by atoms with Gasteiger partial charge in [0.25, 0.3) is 5.69 Å². The minimum Gasteiger partial charge on any atom is -0.467 e. The summed E-state index contributed by atoms with van der Waals surface area (Å²) in [7, 11) is 1.20. The highest BCUT2D eigenvalue weighted by molar-refractivity contribution is 5.82. The Kier molecular flexibility index (Phi) is 7.80. The second-order valence-corrected chi connectivity index (χ2v) is 5.72. The quantitative estimate of drug-likeness (QED) is 0.432. The molecule has 0 aliphatic rings. The van der Waals surface area contributed by atoms with Crippen LogP contribution in [0.1, 0.15) is 20.8 Å². The highest BCUT2D eigenvalue weighted by Crippen LogP contribution is 2.17. The van der Waals surface area contributed by atoms with Crippen molar-refractivity contribution < 1.29 is 28.7 Å². The molecule has 138 valence electrons. The van der Waals surface area contributed by atoms with Crippen LogP contribution in [0.15, 0.2) is 24.3 Å². The number of nitro groups is 1. The van der Waals surface area contributed by atoms with Crippen LogP contribution in [0.4, 0.5) is 10.5 Å². The average Bonchev–Trinajstić information content (AvgIpc) is 2.57. The van der Waals surface area contributed by atoms with Gasteiger partial charge in [-0.05, 0) is 25.0 Å². The molecule has 0 aliphatic carbocycles. The van der Waals surface area contributed by atoms with Crippen LogP contribution in [-0.4, -0.2) is 42.8 Å². The van der Waals surface area contributed by atoms with Gasteiger partial charge in [-0.1, -0.05) is 13.8 Å². The lowest BCUT2D eigenvalue weighted by atomic mass is 10.1. The Hall–Kier alpha value is -2.68. The molecular formula is C16H22N2O7. The van der Waals surface area contributed by atoms with Crippen molar-refractivity contribution in [2.45, 2.75) is 32.9 Å². The van der Waals surface area contributed by atoms with E-state index in [1.165, 1.54) is 31.4 Å². The molecule has 0 radical (unpaired) electrons. The van der Waals surface area contributed by atoms with Crippen LogP contribution in [0.5, 0.6) is 5.75 Å². The van der Waals surface area contributed by atoms with Gasteiger partial charge in [0.1, 0.15) is 5.75 Å². The van der Waals surface area contributed by atoms with Gasteiger partial charge in [-0.25, -0.2) is 9.59 Å². The number of ether oxygens (including phenoxy) is 3. The zero-order valence-corrected chi connectivity index (χ0v) is 14.6. The van der Waals surface area contributed by atoms with Gasteiger partial charge in [-0.15, -0.1) is 0 Å². The molecule has 9 nitrogen and oxygen atoms in total. The van der Waals surface area contributed by atoms with Crippen molar-refractivity contribution >= 4 is 17.7 Å². The summed E-state index contributed by atoms with van der Waals surface area (Å²) in [6.07, 6.45) is -1.52. The van der Waals surface area contributed by atoms with Crippen molar-refractivity contribution in [1.29, 1.82) is 0 Å². The summed E-state index contributed by atoms with van der Waals surface area (Å²) in [6.45, 7) is 5.95. The number of nitrogens with zero attached hydrogens (tertiary/aromatic N) is 1. The zero-order valence-electron chi connectivity index (χ0n) is 14.6. The summed E-state index contributed by atoms with van der Waals surface area (Å²) in [5.74, 6) is -0.313. The number of carbonyl (C=O) groups is 2. The number of rotatable bonds is 8. The number of carbonyl (C=O) groups excluding carboxylic acids is 2. The molecule has 0 spiro atoms. The smallest absolute Gasteiger partial charge is 0.413 e. The first-order valence-corrected chi connectivity index (χ1v) is 7.66. The maximum absolute atomic E-state index is 12.0. The molecule has 25 heavy (non-hydrogen) atoms. The summed E-state index contributed by atoms with van der Waals surface area (Å²) in [6, 6.07) is 3.92. The number of methoxy groups -OCH3 is 1. The van der Waals surface area contributed by atoms with E-state index >= 15 is 0 Å².